The average Bonchev–Trinajstić information content (AvgIpc) is 2.39. The molecular formula is C14H12O5. The maximum Gasteiger partial charge on any atom is 0.325 e. The third-order valence-electron chi connectivity index (χ3n) is 2.85. The molecule has 0 bridgehead atoms. The number of hydrogen-bond donors (Lipinski definition) is 2. The zero-order chi connectivity index (χ0) is 13.9. The van der Waals surface area contributed by atoms with Crippen molar-refractivity contribution in [1.29, 1.82) is 0 Å². The molecular weight excluding hydrogens is 248 g/mol. The molecule has 0 spiro atoms. The Morgan fingerprint density at radius 2 is 1.74 bits per heavy atom. The van der Waals surface area contributed by atoms with Gasteiger partial charge in [-0.05, 0) is 30.7 Å². The number of hydrogen-bond acceptors (Lipinski definition) is 3. The Hall–Kier alpha value is -2.56. The lowest BCUT2D eigenvalue weighted by molar-refractivity contribution is -0.160. The third-order valence-corrected chi connectivity index (χ3v) is 2.85. The van der Waals surface area contributed by atoms with Gasteiger partial charge in [0.1, 0.15) is 11.5 Å². The molecule has 0 aliphatic heterocycles. The van der Waals surface area contributed by atoms with Crippen LogP contribution in [0.25, 0.3) is 0 Å². The van der Waals surface area contributed by atoms with Crippen LogP contribution in [0, 0.1) is 5.41 Å². The van der Waals surface area contributed by atoms with Gasteiger partial charge < -0.3 is 14.9 Å². The van der Waals surface area contributed by atoms with Gasteiger partial charge in [-0.15, -0.1) is 0 Å². The molecule has 0 radical (unpaired) electrons. The second-order valence-corrected chi connectivity index (χ2v) is 4.15. The Morgan fingerprint density at radius 3 is 2.32 bits per heavy atom. The van der Waals surface area contributed by atoms with Crippen molar-refractivity contribution in [2.75, 3.05) is 0 Å². The first-order valence-electron chi connectivity index (χ1n) is 5.64. The van der Waals surface area contributed by atoms with Crippen LogP contribution in [-0.2, 0) is 9.59 Å². The van der Waals surface area contributed by atoms with Crippen molar-refractivity contribution in [2.24, 2.45) is 5.41 Å². The standard InChI is InChI=1S/C14H12O5/c15-12(16)14(13(17)18)8-4-7-11(9-14)19-10-5-2-1-3-6-10/h1-7,9H,8H2,(H,15,16)(H,17,18). The largest absolute Gasteiger partial charge is 0.480 e. The van der Waals surface area contributed by atoms with Crippen LogP contribution in [0.1, 0.15) is 6.42 Å². The van der Waals surface area contributed by atoms with Crippen LogP contribution >= 0.6 is 0 Å². The minimum absolute atomic E-state index is 0.0979. The van der Waals surface area contributed by atoms with Crippen molar-refractivity contribution in [2.45, 2.75) is 6.42 Å². The van der Waals surface area contributed by atoms with Crippen molar-refractivity contribution in [3.8, 4) is 5.75 Å². The highest BCUT2D eigenvalue weighted by Crippen LogP contribution is 2.32. The number of allylic oxidation sites excluding steroid dienone is 2. The molecule has 1 aliphatic rings. The van der Waals surface area contributed by atoms with Gasteiger partial charge in [0, 0.05) is 0 Å². The first-order valence-corrected chi connectivity index (χ1v) is 5.64. The first kappa shape index (κ1) is 12.9. The van der Waals surface area contributed by atoms with Gasteiger partial charge in [-0.2, -0.15) is 0 Å². The fourth-order valence-electron chi connectivity index (χ4n) is 1.79. The number of carbonyl (C=O) groups is 2. The normalized spacial score (nSPS) is 16.5. The highest BCUT2D eigenvalue weighted by Gasteiger charge is 2.45. The lowest BCUT2D eigenvalue weighted by Crippen LogP contribution is -2.38. The predicted octanol–water partition coefficient (Wildman–Crippen LogP) is 2.06. The summed E-state index contributed by atoms with van der Waals surface area (Å²) in [7, 11) is 0. The van der Waals surface area contributed by atoms with Gasteiger partial charge in [0.15, 0.2) is 5.41 Å². The van der Waals surface area contributed by atoms with Crippen LogP contribution in [0.5, 0.6) is 5.75 Å². The fraction of sp³-hybridized carbons (Fsp3) is 0.143. The van der Waals surface area contributed by atoms with E-state index >= 15 is 0 Å². The van der Waals surface area contributed by atoms with Gasteiger partial charge in [0.25, 0.3) is 0 Å². The molecule has 1 aromatic rings. The molecule has 2 N–H and O–H groups in total. The second kappa shape index (κ2) is 4.97. The van der Waals surface area contributed by atoms with Crippen LogP contribution in [0.15, 0.2) is 54.3 Å². The van der Waals surface area contributed by atoms with E-state index in [1.807, 2.05) is 6.07 Å². The van der Waals surface area contributed by atoms with Gasteiger partial charge in [0.2, 0.25) is 0 Å². The van der Waals surface area contributed by atoms with E-state index in [4.69, 9.17) is 14.9 Å². The quantitative estimate of drug-likeness (QED) is 0.809. The summed E-state index contributed by atoms with van der Waals surface area (Å²) in [6.45, 7) is 0. The van der Waals surface area contributed by atoms with Crippen LogP contribution in [0.2, 0.25) is 0 Å². The smallest absolute Gasteiger partial charge is 0.325 e. The van der Waals surface area contributed by atoms with E-state index in [0.717, 1.165) is 6.08 Å². The molecule has 1 aliphatic carbocycles. The zero-order valence-corrected chi connectivity index (χ0v) is 9.95. The summed E-state index contributed by atoms with van der Waals surface area (Å²) in [4.78, 5) is 22.4. The summed E-state index contributed by atoms with van der Waals surface area (Å²) >= 11 is 0. The van der Waals surface area contributed by atoms with Crippen molar-refractivity contribution in [1.82, 2.24) is 0 Å². The molecule has 0 atom stereocenters. The van der Waals surface area contributed by atoms with E-state index in [2.05, 4.69) is 0 Å². The van der Waals surface area contributed by atoms with E-state index in [0.29, 0.717) is 5.75 Å². The maximum absolute atomic E-state index is 11.2. The lowest BCUT2D eigenvalue weighted by atomic mass is 9.81. The molecule has 2 rings (SSSR count). The van der Waals surface area contributed by atoms with Crippen molar-refractivity contribution in [3.63, 3.8) is 0 Å². The molecule has 0 saturated carbocycles. The Balaban J connectivity index is 2.31. The van der Waals surface area contributed by atoms with E-state index in [-0.39, 0.29) is 12.2 Å². The molecule has 98 valence electrons. The summed E-state index contributed by atoms with van der Waals surface area (Å²) < 4.78 is 5.46. The van der Waals surface area contributed by atoms with Gasteiger partial charge in [0.05, 0.1) is 0 Å². The average molecular weight is 260 g/mol. The summed E-state index contributed by atoms with van der Waals surface area (Å²) in [6, 6.07) is 8.75. The SMILES string of the molecule is O=C(O)C1(C(=O)O)C=C(Oc2ccccc2)C=CC1. The Bertz CT molecular complexity index is 542. The number of benzene rings is 1. The fourth-order valence-corrected chi connectivity index (χ4v) is 1.79. The molecule has 0 amide bonds. The van der Waals surface area contributed by atoms with Crippen LogP contribution in [0.4, 0.5) is 0 Å². The molecule has 0 heterocycles. The van der Waals surface area contributed by atoms with E-state index in [1.165, 1.54) is 6.08 Å². The molecule has 0 aromatic heterocycles. The molecule has 5 nitrogen and oxygen atoms in total. The predicted molar refractivity (Wildman–Crippen MR) is 66.6 cm³/mol. The van der Waals surface area contributed by atoms with Gasteiger partial charge >= 0.3 is 11.9 Å². The highest BCUT2D eigenvalue weighted by atomic mass is 16.5. The molecule has 0 unspecified atom stereocenters. The van der Waals surface area contributed by atoms with Crippen molar-refractivity contribution >= 4 is 11.9 Å². The molecule has 0 saturated heterocycles. The minimum atomic E-state index is -1.96. The number of rotatable bonds is 4. The van der Waals surface area contributed by atoms with Gasteiger partial charge in [-0.25, -0.2) is 0 Å². The zero-order valence-electron chi connectivity index (χ0n) is 9.95. The minimum Gasteiger partial charge on any atom is -0.480 e. The Labute approximate surface area is 109 Å². The monoisotopic (exact) mass is 260 g/mol. The first-order chi connectivity index (χ1) is 9.04. The summed E-state index contributed by atoms with van der Waals surface area (Å²) in [6.07, 6.45) is 4.08. The third kappa shape index (κ3) is 2.49. The topological polar surface area (TPSA) is 83.8 Å². The van der Waals surface area contributed by atoms with E-state index in [9.17, 15) is 9.59 Å². The number of ether oxygens (including phenoxy) is 1. The van der Waals surface area contributed by atoms with E-state index < -0.39 is 17.4 Å². The number of para-hydroxylation sites is 1. The Kier molecular flexibility index (Phi) is 3.37. The van der Waals surface area contributed by atoms with Crippen LogP contribution in [0.3, 0.4) is 0 Å². The van der Waals surface area contributed by atoms with Crippen molar-refractivity contribution < 1.29 is 24.5 Å². The molecule has 19 heavy (non-hydrogen) atoms. The summed E-state index contributed by atoms with van der Waals surface area (Å²) in [5, 5.41) is 18.3. The Morgan fingerprint density at radius 1 is 1.11 bits per heavy atom. The second-order valence-electron chi connectivity index (χ2n) is 4.15. The van der Waals surface area contributed by atoms with E-state index in [1.54, 1.807) is 30.3 Å². The number of aliphatic carboxylic acids is 2. The lowest BCUT2D eigenvalue weighted by Gasteiger charge is -2.23. The van der Waals surface area contributed by atoms with Gasteiger partial charge in [-0.1, -0.05) is 24.3 Å². The molecule has 0 fully saturated rings. The summed E-state index contributed by atoms with van der Waals surface area (Å²) in [5.74, 6) is -2.08. The van der Waals surface area contributed by atoms with Crippen LogP contribution < -0.4 is 4.74 Å². The number of carboxylic acid groups (broad SMARTS) is 2. The highest BCUT2D eigenvalue weighted by molar-refractivity contribution is 6.01. The molecule has 5 heteroatoms. The number of carboxylic acids is 2. The van der Waals surface area contributed by atoms with Crippen LogP contribution in [-0.4, -0.2) is 22.2 Å². The van der Waals surface area contributed by atoms with Crippen molar-refractivity contribution in [3.05, 3.63) is 54.3 Å². The van der Waals surface area contributed by atoms with Gasteiger partial charge in [-0.3, -0.25) is 9.59 Å². The molecule has 1 aromatic carbocycles. The summed E-state index contributed by atoms with van der Waals surface area (Å²) in [5.41, 5.74) is -1.96. The maximum atomic E-state index is 11.2.